The van der Waals surface area contributed by atoms with Gasteiger partial charge in [-0.3, -0.25) is 9.59 Å². The van der Waals surface area contributed by atoms with E-state index in [1.807, 2.05) is 44.4 Å². The molecule has 0 bridgehead atoms. The van der Waals surface area contributed by atoms with Gasteiger partial charge in [-0.1, -0.05) is 6.07 Å². The van der Waals surface area contributed by atoms with Crippen LogP contribution >= 0.6 is 0 Å². The number of amides is 2. The number of aromatic nitrogens is 2. The molecule has 3 aromatic rings. The molecule has 2 atom stereocenters. The first-order valence-corrected chi connectivity index (χ1v) is 11.5. The molecule has 2 amide bonds. The molecule has 5 rings (SSSR count). The van der Waals surface area contributed by atoms with Crippen molar-refractivity contribution in [2.45, 2.75) is 37.8 Å². The van der Waals surface area contributed by atoms with Gasteiger partial charge in [0.05, 0.1) is 17.6 Å². The predicted molar refractivity (Wildman–Crippen MR) is 132 cm³/mol. The lowest BCUT2D eigenvalue weighted by molar-refractivity contribution is -0.119. The fourth-order valence-corrected chi connectivity index (χ4v) is 4.59. The van der Waals surface area contributed by atoms with Gasteiger partial charge in [-0.2, -0.15) is 0 Å². The zero-order valence-corrected chi connectivity index (χ0v) is 18.7. The fourth-order valence-electron chi connectivity index (χ4n) is 4.59. The molecular weight excluding hydrogens is 415 g/mol. The highest BCUT2D eigenvalue weighted by Gasteiger charge is 2.27. The van der Waals surface area contributed by atoms with Crippen LogP contribution in [0.5, 0.6) is 0 Å². The van der Waals surface area contributed by atoms with Crippen LogP contribution in [-0.4, -0.2) is 59.7 Å². The van der Waals surface area contributed by atoms with E-state index in [1.165, 1.54) is 0 Å². The number of fused-ring (bicyclic) bond motifs is 1. The largest absolute Gasteiger partial charge is 0.339 e. The summed E-state index contributed by atoms with van der Waals surface area (Å²) in [6, 6.07) is 13.4. The number of carbonyl (C=O) groups is 2. The quantitative estimate of drug-likeness (QED) is 0.523. The van der Waals surface area contributed by atoms with Gasteiger partial charge in [-0.15, -0.1) is 0 Å². The molecule has 2 aliphatic rings. The number of hydrogen-bond acceptors (Lipinski definition) is 6. The molecule has 2 fully saturated rings. The maximum Gasteiger partial charge on any atom is 0.242 e. The monoisotopic (exact) mass is 442 g/mol. The normalized spacial score (nSPS) is 20.7. The second-order valence-corrected chi connectivity index (χ2v) is 8.80. The Hall–Kier alpha value is -3.30. The predicted octanol–water partition coefficient (Wildman–Crippen LogP) is 1.94. The molecule has 168 valence electrons. The molecule has 0 saturated carbocycles. The van der Waals surface area contributed by atoms with Crippen molar-refractivity contribution in [2.24, 2.45) is 0 Å². The highest BCUT2D eigenvalue weighted by Crippen LogP contribution is 2.25. The summed E-state index contributed by atoms with van der Waals surface area (Å²) < 4.78 is 0. The molecule has 8 nitrogen and oxygen atoms in total. The molecule has 0 spiro atoms. The molecule has 2 aliphatic heterocycles. The van der Waals surface area contributed by atoms with Crippen molar-refractivity contribution in [1.29, 1.82) is 0 Å². The highest BCUT2D eigenvalue weighted by molar-refractivity contribution is 6.08. The summed E-state index contributed by atoms with van der Waals surface area (Å²) >= 11 is 0. The first-order valence-electron chi connectivity index (χ1n) is 11.5. The Morgan fingerprint density at radius 2 is 1.79 bits per heavy atom. The minimum atomic E-state index is -0.131. The van der Waals surface area contributed by atoms with Crippen molar-refractivity contribution in [2.75, 3.05) is 23.7 Å². The summed E-state index contributed by atoms with van der Waals surface area (Å²) in [5.41, 5.74) is 2.78. The number of anilines is 2. The summed E-state index contributed by atoms with van der Waals surface area (Å²) in [6.45, 7) is 1.83. The Balaban J connectivity index is 1.27. The van der Waals surface area contributed by atoms with Crippen molar-refractivity contribution in [3.63, 3.8) is 0 Å². The number of benzene rings is 1. The zero-order chi connectivity index (χ0) is 22.8. The van der Waals surface area contributed by atoms with Crippen LogP contribution < -0.4 is 16.0 Å². The number of nitrogens with zero attached hydrogens (tertiary/aromatic N) is 3. The van der Waals surface area contributed by atoms with Gasteiger partial charge in [0.2, 0.25) is 11.8 Å². The van der Waals surface area contributed by atoms with E-state index in [2.05, 4.69) is 36.8 Å². The van der Waals surface area contributed by atoms with Gasteiger partial charge in [0.25, 0.3) is 0 Å². The summed E-state index contributed by atoms with van der Waals surface area (Å²) in [5, 5.41) is 10.0. The lowest BCUT2D eigenvalue weighted by Gasteiger charge is -2.18. The molecule has 3 N–H and O–H groups in total. The lowest BCUT2D eigenvalue weighted by Crippen LogP contribution is -2.38. The maximum absolute atomic E-state index is 12.5. The summed E-state index contributed by atoms with van der Waals surface area (Å²) in [6.07, 6.45) is 5.57. The topological polar surface area (TPSA) is 99.2 Å². The maximum atomic E-state index is 12.5. The van der Waals surface area contributed by atoms with Crippen LogP contribution in [0.25, 0.3) is 22.0 Å². The first kappa shape index (κ1) is 21.5. The van der Waals surface area contributed by atoms with E-state index >= 15 is 0 Å². The number of nitrogens with one attached hydrogen (secondary N) is 3. The lowest BCUT2D eigenvalue weighted by atomic mass is 10.0. The first-order chi connectivity index (χ1) is 16.1. The molecule has 2 aromatic heterocycles. The average molecular weight is 442 g/mol. The molecular formula is C24H27BN6O2. The molecule has 0 unspecified atom stereocenters. The minimum Gasteiger partial charge on any atom is -0.339 e. The van der Waals surface area contributed by atoms with Crippen molar-refractivity contribution >= 4 is 42.3 Å². The number of rotatable bonds is 5. The molecule has 9 heteroatoms. The minimum absolute atomic E-state index is 0.000405. The average Bonchev–Trinajstić information content (AvgIpc) is 3.51. The SMILES string of the molecule is BN1CCC[C@H]1C(=O)Nc1ccc2cc(-c3ccc(NC(=O)[C@@H]4CCCN4)nc3)ccc2n1. The van der Waals surface area contributed by atoms with Gasteiger partial charge >= 0.3 is 0 Å². The third-order valence-electron chi connectivity index (χ3n) is 6.49. The Kier molecular flexibility index (Phi) is 6.06. The Morgan fingerprint density at radius 1 is 0.970 bits per heavy atom. The van der Waals surface area contributed by atoms with E-state index in [4.69, 9.17) is 0 Å². The van der Waals surface area contributed by atoms with E-state index in [0.717, 1.165) is 60.8 Å². The van der Waals surface area contributed by atoms with E-state index in [9.17, 15) is 9.59 Å². The second kappa shape index (κ2) is 9.29. The molecule has 1 aromatic carbocycles. The van der Waals surface area contributed by atoms with Crippen molar-refractivity contribution < 1.29 is 9.59 Å². The third kappa shape index (κ3) is 4.74. The number of pyridine rings is 2. The molecule has 2 saturated heterocycles. The fraction of sp³-hybridized carbons (Fsp3) is 0.333. The van der Waals surface area contributed by atoms with Crippen LogP contribution in [0.4, 0.5) is 11.6 Å². The molecule has 4 heterocycles. The van der Waals surface area contributed by atoms with Crippen molar-refractivity contribution in [1.82, 2.24) is 20.1 Å². The van der Waals surface area contributed by atoms with Gasteiger partial charge < -0.3 is 20.8 Å². The third-order valence-corrected chi connectivity index (χ3v) is 6.49. The van der Waals surface area contributed by atoms with Gasteiger partial charge in [0.1, 0.15) is 11.6 Å². The van der Waals surface area contributed by atoms with Crippen LogP contribution in [0.1, 0.15) is 25.7 Å². The van der Waals surface area contributed by atoms with Gasteiger partial charge in [0, 0.05) is 17.1 Å². The standard InChI is InChI=1S/C24H27BN6O2/c25-31-12-2-4-20(31)24(33)30-22-10-6-16-13-15(5-8-18(16)28-22)17-7-9-21(27-14-17)29-23(32)19-3-1-11-26-19/h5-10,13-14,19-20,26H,1-4,11-12,25H2,(H,27,29,32)(H,28,30,33)/t19-,20-/m0/s1. The number of hydrogen-bond donors (Lipinski definition) is 3. The smallest absolute Gasteiger partial charge is 0.242 e. The van der Waals surface area contributed by atoms with Crippen LogP contribution in [0.15, 0.2) is 48.7 Å². The van der Waals surface area contributed by atoms with Crippen molar-refractivity contribution in [3.05, 3.63) is 48.7 Å². The number of carbonyl (C=O) groups excluding carboxylic acids is 2. The van der Waals surface area contributed by atoms with Gasteiger partial charge in [-0.25, -0.2) is 9.97 Å². The Labute approximate surface area is 193 Å². The highest BCUT2D eigenvalue weighted by atomic mass is 16.2. The molecule has 33 heavy (non-hydrogen) atoms. The zero-order valence-electron chi connectivity index (χ0n) is 18.7. The van der Waals surface area contributed by atoms with Crippen LogP contribution in [0, 0.1) is 0 Å². The molecule has 0 radical (unpaired) electrons. The van der Waals surface area contributed by atoms with E-state index in [1.54, 1.807) is 6.20 Å². The van der Waals surface area contributed by atoms with Crippen LogP contribution in [0.2, 0.25) is 0 Å². The van der Waals surface area contributed by atoms with Gasteiger partial charge in [-0.05, 0) is 80.7 Å². The van der Waals surface area contributed by atoms with Crippen LogP contribution in [0.3, 0.4) is 0 Å². The Morgan fingerprint density at radius 3 is 2.52 bits per heavy atom. The van der Waals surface area contributed by atoms with Gasteiger partial charge in [0.15, 0.2) is 7.98 Å². The van der Waals surface area contributed by atoms with Crippen LogP contribution in [-0.2, 0) is 9.59 Å². The van der Waals surface area contributed by atoms with E-state index in [0.29, 0.717) is 11.6 Å². The molecule has 0 aliphatic carbocycles. The van der Waals surface area contributed by atoms with Crippen molar-refractivity contribution in [3.8, 4) is 11.1 Å². The Bertz CT molecular complexity index is 1180. The summed E-state index contributed by atoms with van der Waals surface area (Å²) in [5.74, 6) is 1.08. The van der Waals surface area contributed by atoms with E-state index in [-0.39, 0.29) is 23.9 Å². The van der Waals surface area contributed by atoms with E-state index < -0.39 is 0 Å². The second-order valence-electron chi connectivity index (χ2n) is 8.80. The summed E-state index contributed by atoms with van der Waals surface area (Å²) in [7, 11) is 1.98. The summed E-state index contributed by atoms with van der Waals surface area (Å²) in [4.78, 5) is 35.9.